The summed E-state index contributed by atoms with van der Waals surface area (Å²) in [6.45, 7) is 3.81. The topological polar surface area (TPSA) is 52.4 Å². The van der Waals surface area contributed by atoms with Crippen LogP contribution in [0.4, 0.5) is 5.69 Å². The number of nitrogens with zero attached hydrogens (tertiary/aromatic N) is 1. The van der Waals surface area contributed by atoms with E-state index in [-0.39, 0.29) is 16.7 Å². The van der Waals surface area contributed by atoms with Gasteiger partial charge in [0, 0.05) is 17.2 Å². The molecule has 1 aliphatic carbocycles. The number of hydrogen-bond donors (Lipinski definition) is 0. The van der Waals surface area contributed by atoms with E-state index in [1.54, 1.807) is 19.1 Å². The molecule has 0 aromatic heterocycles. The normalized spacial score (nSPS) is 15.9. The van der Waals surface area contributed by atoms with E-state index in [4.69, 9.17) is 4.74 Å². The highest BCUT2D eigenvalue weighted by atomic mass is 16.6. The molecule has 4 heteroatoms. The molecule has 1 aliphatic rings. The van der Waals surface area contributed by atoms with Crippen LogP contribution in [-0.4, -0.2) is 11.0 Å². The van der Waals surface area contributed by atoms with Crippen LogP contribution in [0.5, 0.6) is 5.75 Å². The van der Waals surface area contributed by atoms with Gasteiger partial charge in [0.2, 0.25) is 0 Å². The third-order valence-corrected chi connectivity index (χ3v) is 3.67. The number of rotatable bonds is 4. The minimum Gasteiger partial charge on any atom is -0.490 e. The first-order valence-corrected chi connectivity index (χ1v) is 6.57. The molecular weight excluding hydrogens is 230 g/mol. The molecule has 0 spiro atoms. The molecule has 0 amide bonds. The SMILES string of the molecule is CCc1c(OC2CCCC2)ccc([N+](=O)[O-])c1C. The van der Waals surface area contributed by atoms with Gasteiger partial charge in [0.15, 0.2) is 0 Å². The smallest absolute Gasteiger partial charge is 0.272 e. The van der Waals surface area contributed by atoms with Crippen LogP contribution in [0, 0.1) is 17.0 Å². The molecule has 0 saturated heterocycles. The average Bonchev–Trinajstić information content (AvgIpc) is 2.82. The number of ether oxygens (including phenoxy) is 1. The Morgan fingerprint density at radius 3 is 2.61 bits per heavy atom. The monoisotopic (exact) mass is 249 g/mol. The first kappa shape index (κ1) is 12.9. The van der Waals surface area contributed by atoms with Crippen molar-refractivity contribution in [3.05, 3.63) is 33.4 Å². The number of nitro groups is 1. The van der Waals surface area contributed by atoms with Gasteiger partial charge in [0.1, 0.15) is 5.75 Å². The lowest BCUT2D eigenvalue weighted by Crippen LogP contribution is -2.12. The standard InChI is InChI=1S/C14H19NO3/c1-3-12-10(2)13(15(16)17)8-9-14(12)18-11-6-4-5-7-11/h8-9,11H,3-7H2,1-2H3. The molecular formula is C14H19NO3. The summed E-state index contributed by atoms with van der Waals surface area (Å²) in [6.07, 6.45) is 5.68. The molecule has 1 saturated carbocycles. The number of nitro benzene ring substituents is 1. The summed E-state index contributed by atoms with van der Waals surface area (Å²) in [4.78, 5) is 10.6. The fourth-order valence-corrected chi connectivity index (χ4v) is 2.65. The van der Waals surface area contributed by atoms with Gasteiger partial charge in [0.05, 0.1) is 11.0 Å². The molecule has 0 radical (unpaired) electrons. The van der Waals surface area contributed by atoms with Crippen LogP contribution in [0.25, 0.3) is 0 Å². The Balaban J connectivity index is 2.29. The van der Waals surface area contributed by atoms with Gasteiger partial charge in [-0.2, -0.15) is 0 Å². The molecule has 1 fully saturated rings. The molecule has 0 heterocycles. The Bertz CT molecular complexity index is 451. The largest absolute Gasteiger partial charge is 0.490 e. The van der Waals surface area contributed by atoms with Crippen LogP contribution in [0.15, 0.2) is 12.1 Å². The fraction of sp³-hybridized carbons (Fsp3) is 0.571. The lowest BCUT2D eigenvalue weighted by Gasteiger charge is -2.17. The van der Waals surface area contributed by atoms with Gasteiger partial charge in [0.25, 0.3) is 5.69 Å². The van der Waals surface area contributed by atoms with Gasteiger partial charge < -0.3 is 4.74 Å². The number of hydrogen-bond acceptors (Lipinski definition) is 3. The summed E-state index contributed by atoms with van der Waals surface area (Å²) >= 11 is 0. The van der Waals surface area contributed by atoms with E-state index in [0.717, 1.165) is 36.1 Å². The zero-order valence-electron chi connectivity index (χ0n) is 10.9. The third kappa shape index (κ3) is 2.47. The van der Waals surface area contributed by atoms with E-state index in [9.17, 15) is 10.1 Å². The molecule has 18 heavy (non-hydrogen) atoms. The predicted octanol–water partition coefficient (Wildman–Crippen LogP) is 3.79. The molecule has 1 aromatic carbocycles. The van der Waals surface area contributed by atoms with Crippen molar-refractivity contribution in [3.8, 4) is 5.75 Å². The predicted molar refractivity (Wildman–Crippen MR) is 70.1 cm³/mol. The van der Waals surface area contributed by atoms with Crippen molar-refractivity contribution in [2.75, 3.05) is 0 Å². The van der Waals surface area contributed by atoms with Crippen LogP contribution in [0.3, 0.4) is 0 Å². The highest BCUT2D eigenvalue weighted by Crippen LogP contribution is 2.33. The Hall–Kier alpha value is -1.58. The van der Waals surface area contributed by atoms with Gasteiger partial charge in [-0.05, 0) is 45.1 Å². The highest BCUT2D eigenvalue weighted by Gasteiger charge is 2.21. The van der Waals surface area contributed by atoms with Crippen LogP contribution in [0.2, 0.25) is 0 Å². The van der Waals surface area contributed by atoms with Crippen molar-refractivity contribution in [1.29, 1.82) is 0 Å². The van der Waals surface area contributed by atoms with E-state index < -0.39 is 0 Å². The molecule has 0 unspecified atom stereocenters. The van der Waals surface area contributed by atoms with Gasteiger partial charge in [-0.25, -0.2) is 0 Å². The quantitative estimate of drug-likeness (QED) is 0.602. The van der Waals surface area contributed by atoms with Crippen molar-refractivity contribution in [2.45, 2.75) is 52.1 Å². The average molecular weight is 249 g/mol. The lowest BCUT2D eigenvalue weighted by molar-refractivity contribution is -0.385. The van der Waals surface area contributed by atoms with Gasteiger partial charge in [-0.15, -0.1) is 0 Å². The summed E-state index contributed by atoms with van der Waals surface area (Å²) < 4.78 is 5.99. The van der Waals surface area contributed by atoms with E-state index in [0.29, 0.717) is 0 Å². The van der Waals surface area contributed by atoms with Gasteiger partial charge in [-0.3, -0.25) is 10.1 Å². The van der Waals surface area contributed by atoms with Crippen LogP contribution in [0.1, 0.15) is 43.7 Å². The van der Waals surface area contributed by atoms with Crippen molar-refractivity contribution in [3.63, 3.8) is 0 Å². The molecule has 0 N–H and O–H groups in total. The fourth-order valence-electron chi connectivity index (χ4n) is 2.65. The van der Waals surface area contributed by atoms with E-state index >= 15 is 0 Å². The first-order chi connectivity index (χ1) is 8.63. The van der Waals surface area contributed by atoms with Crippen molar-refractivity contribution in [1.82, 2.24) is 0 Å². The molecule has 4 nitrogen and oxygen atoms in total. The van der Waals surface area contributed by atoms with Crippen LogP contribution in [-0.2, 0) is 6.42 Å². The second kappa shape index (κ2) is 5.38. The number of benzene rings is 1. The van der Waals surface area contributed by atoms with Gasteiger partial charge in [-0.1, -0.05) is 6.92 Å². The van der Waals surface area contributed by atoms with Crippen molar-refractivity contribution < 1.29 is 9.66 Å². The Labute approximate surface area is 107 Å². The summed E-state index contributed by atoms with van der Waals surface area (Å²) in [7, 11) is 0. The minimum absolute atomic E-state index is 0.186. The van der Waals surface area contributed by atoms with Crippen LogP contribution < -0.4 is 4.74 Å². The molecule has 1 aromatic rings. The second-order valence-electron chi connectivity index (χ2n) is 4.82. The Morgan fingerprint density at radius 1 is 1.39 bits per heavy atom. The lowest BCUT2D eigenvalue weighted by atomic mass is 10.0. The maximum atomic E-state index is 10.9. The van der Waals surface area contributed by atoms with E-state index in [1.165, 1.54) is 12.8 Å². The Morgan fingerprint density at radius 2 is 2.06 bits per heavy atom. The first-order valence-electron chi connectivity index (χ1n) is 6.57. The zero-order valence-corrected chi connectivity index (χ0v) is 10.9. The molecule has 0 atom stereocenters. The molecule has 0 bridgehead atoms. The second-order valence-corrected chi connectivity index (χ2v) is 4.82. The molecule has 2 rings (SSSR count). The summed E-state index contributed by atoms with van der Waals surface area (Å²) in [5, 5.41) is 10.9. The molecule has 0 aliphatic heterocycles. The summed E-state index contributed by atoms with van der Waals surface area (Å²) in [5.74, 6) is 0.826. The van der Waals surface area contributed by atoms with Crippen LogP contribution >= 0.6 is 0 Å². The van der Waals surface area contributed by atoms with E-state index in [1.807, 2.05) is 6.92 Å². The van der Waals surface area contributed by atoms with Crippen molar-refractivity contribution in [2.24, 2.45) is 0 Å². The maximum absolute atomic E-state index is 10.9. The third-order valence-electron chi connectivity index (χ3n) is 3.67. The zero-order chi connectivity index (χ0) is 13.1. The molecule has 98 valence electrons. The summed E-state index contributed by atoms with van der Waals surface area (Å²) in [5.41, 5.74) is 1.89. The highest BCUT2D eigenvalue weighted by molar-refractivity contribution is 5.51. The maximum Gasteiger partial charge on any atom is 0.272 e. The Kier molecular flexibility index (Phi) is 3.84. The van der Waals surface area contributed by atoms with E-state index in [2.05, 4.69) is 0 Å². The summed E-state index contributed by atoms with van der Waals surface area (Å²) in [6, 6.07) is 3.31. The minimum atomic E-state index is -0.326. The van der Waals surface area contributed by atoms with Crippen molar-refractivity contribution >= 4 is 5.69 Å². The van der Waals surface area contributed by atoms with Gasteiger partial charge >= 0.3 is 0 Å².